The van der Waals surface area contributed by atoms with Crippen molar-refractivity contribution in [1.29, 1.82) is 0 Å². The van der Waals surface area contributed by atoms with Crippen molar-refractivity contribution in [2.45, 2.75) is 38.3 Å². The second-order valence-corrected chi connectivity index (χ2v) is 11.3. The van der Waals surface area contributed by atoms with Crippen LogP contribution in [0.15, 0.2) is 60.7 Å². The highest BCUT2D eigenvalue weighted by atomic mass is 32.2. The van der Waals surface area contributed by atoms with Gasteiger partial charge < -0.3 is 10.5 Å². The van der Waals surface area contributed by atoms with Crippen molar-refractivity contribution in [3.8, 4) is 16.9 Å². The van der Waals surface area contributed by atoms with E-state index in [1.165, 1.54) is 24.3 Å². The lowest BCUT2D eigenvalue weighted by Crippen LogP contribution is -2.40. The van der Waals surface area contributed by atoms with Crippen LogP contribution in [0.5, 0.6) is 5.75 Å². The number of halogens is 3. The van der Waals surface area contributed by atoms with Crippen molar-refractivity contribution in [1.82, 2.24) is 4.72 Å². The SMILES string of the molecule is CS(=O)(=O)N[C@H]1CC[C@](Cc2ccc(F)c(-c3ccc(F)c(F)c3OCc3ccccc3)c2)(C(N)=O)C1. The first-order valence-electron chi connectivity index (χ1n) is 11.7. The number of nitrogens with one attached hydrogen (secondary N) is 1. The fourth-order valence-electron chi connectivity index (χ4n) is 4.90. The van der Waals surface area contributed by atoms with Gasteiger partial charge in [-0.25, -0.2) is 21.9 Å². The second-order valence-electron chi connectivity index (χ2n) is 9.48. The van der Waals surface area contributed by atoms with Crippen LogP contribution in [-0.4, -0.2) is 26.6 Å². The van der Waals surface area contributed by atoms with Crippen LogP contribution < -0.4 is 15.2 Å². The van der Waals surface area contributed by atoms with Gasteiger partial charge in [-0.05, 0) is 61.1 Å². The third-order valence-corrected chi connectivity index (χ3v) is 7.41. The number of sulfonamides is 1. The molecule has 1 saturated carbocycles. The van der Waals surface area contributed by atoms with Gasteiger partial charge in [0, 0.05) is 17.2 Å². The molecule has 0 unspecified atom stereocenters. The van der Waals surface area contributed by atoms with Gasteiger partial charge in [0.05, 0.1) is 11.7 Å². The maximum absolute atomic E-state index is 15.0. The highest BCUT2D eigenvalue weighted by Crippen LogP contribution is 2.43. The first-order valence-corrected chi connectivity index (χ1v) is 13.6. The Labute approximate surface area is 213 Å². The molecule has 0 bridgehead atoms. The second kappa shape index (κ2) is 10.5. The zero-order valence-corrected chi connectivity index (χ0v) is 21.0. The quantitative estimate of drug-likeness (QED) is 0.425. The summed E-state index contributed by atoms with van der Waals surface area (Å²) in [6, 6.07) is 14.7. The van der Waals surface area contributed by atoms with Crippen molar-refractivity contribution < 1.29 is 31.1 Å². The molecule has 4 rings (SSSR count). The standard InChI is InChI=1S/C27H27F3N2O4S/c1-37(34,35)32-19-11-12-27(15-19,26(31)33)14-18-7-9-22(28)21(13-18)20-8-10-23(29)24(30)25(20)36-16-17-5-3-2-4-6-17/h2-10,13,19,32H,11-12,14-16H2,1H3,(H2,31,33)/t19-,27+/m0/s1. The molecule has 0 heterocycles. The summed E-state index contributed by atoms with van der Waals surface area (Å²) in [5.74, 6) is -4.07. The molecular formula is C27H27F3N2O4S. The number of rotatable bonds is 9. The fraction of sp³-hybridized carbons (Fsp3) is 0.296. The molecule has 3 N–H and O–H groups in total. The topological polar surface area (TPSA) is 98.5 Å². The molecule has 37 heavy (non-hydrogen) atoms. The molecule has 3 aromatic carbocycles. The minimum absolute atomic E-state index is 0.0188. The van der Waals surface area contributed by atoms with Crippen LogP contribution in [0.3, 0.4) is 0 Å². The lowest BCUT2D eigenvalue weighted by Gasteiger charge is -2.26. The molecule has 0 aliphatic heterocycles. The Balaban J connectivity index is 1.66. The monoisotopic (exact) mass is 532 g/mol. The van der Waals surface area contributed by atoms with E-state index in [0.29, 0.717) is 24.0 Å². The zero-order chi connectivity index (χ0) is 26.8. The molecule has 0 saturated heterocycles. The number of ether oxygens (including phenoxy) is 1. The largest absolute Gasteiger partial charge is 0.485 e. The Bertz CT molecular complexity index is 1420. The lowest BCUT2D eigenvalue weighted by atomic mass is 9.78. The van der Waals surface area contributed by atoms with Crippen molar-refractivity contribution in [2.75, 3.05) is 6.26 Å². The average Bonchev–Trinajstić information content (AvgIpc) is 3.24. The summed E-state index contributed by atoms with van der Waals surface area (Å²) in [5.41, 5.74) is 5.94. The Hall–Kier alpha value is -3.37. The number of amides is 1. The van der Waals surface area contributed by atoms with E-state index in [0.717, 1.165) is 12.3 Å². The van der Waals surface area contributed by atoms with Gasteiger partial charge in [-0.2, -0.15) is 4.39 Å². The molecule has 2 atom stereocenters. The van der Waals surface area contributed by atoms with Gasteiger partial charge in [0.25, 0.3) is 0 Å². The zero-order valence-electron chi connectivity index (χ0n) is 20.1. The number of carbonyl (C=O) groups is 1. The first kappa shape index (κ1) is 26.7. The van der Waals surface area contributed by atoms with Gasteiger partial charge in [-0.15, -0.1) is 0 Å². The van der Waals surface area contributed by atoms with Crippen LogP contribution in [0.25, 0.3) is 11.1 Å². The summed E-state index contributed by atoms with van der Waals surface area (Å²) in [7, 11) is -3.47. The molecule has 0 spiro atoms. The molecule has 0 aromatic heterocycles. The van der Waals surface area contributed by atoms with Gasteiger partial charge in [-0.1, -0.05) is 36.4 Å². The van der Waals surface area contributed by atoms with E-state index in [1.54, 1.807) is 30.3 Å². The van der Waals surface area contributed by atoms with Gasteiger partial charge >= 0.3 is 0 Å². The third-order valence-electron chi connectivity index (χ3n) is 6.65. The van der Waals surface area contributed by atoms with Gasteiger partial charge in [-0.3, -0.25) is 4.79 Å². The third kappa shape index (κ3) is 6.14. The Morgan fingerprint density at radius 2 is 1.73 bits per heavy atom. The molecule has 10 heteroatoms. The summed E-state index contributed by atoms with van der Waals surface area (Å²) in [6.45, 7) is -0.0605. The maximum atomic E-state index is 15.0. The summed E-state index contributed by atoms with van der Waals surface area (Å²) < 4.78 is 75.4. The van der Waals surface area contributed by atoms with Crippen molar-refractivity contribution in [2.24, 2.45) is 11.1 Å². The summed E-state index contributed by atoms with van der Waals surface area (Å²) in [4.78, 5) is 12.5. The number of carbonyl (C=O) groups excluding carboxylic acids is 1. The smallest absolute Gasteiger partial charge is 0.224 e. The van der Waals surface area contributed by atoms with Gasteiger partial charge in [0.2, 0.25) is 21.7 Å². The molecule has 1 aliphatic carbocycles. The minimum Gasteiger partial charge on any atom is -0.485 e. The van der Waals surface area contributed by atoms with E-state index in [2.05, 4.69) is 4.72 Å². The van der Waals surface area contributed by atoms with Crippen molar-refractivity contribution in [3.05, 3.63) is 89.2 Å². The minimum atomic E-state index is -3.47. The van der Waals surface area contributed by atoms with E-state index < -0.39 is 50.6 Å². The molecule has 6 nitrogen and oxygen atoms in total. The first-order chi connectivity index (χ1) is 17.5. The summed E-state index contributed by atoms with van der Waals surface area (Å²) >= 11 is 0. The Morgan fingerprint density at radius 3 is 2.41 bits per heavy atom. The van der Waals surface area contributed by atoms with E-state index in [4.69, 9.17) is 10.5 Å². The summed E-state index contributed by atoms with van der Waals surface area (Å²) in [5, 5.41) is 0. The highest BCUT2D eigenvalue weighted by Gasteiger charge is 2.44. The molecule has 1 fully saturated rings. The number of hydrogen-bond donors (Lipinski definition) is 2. The van der Waals surface area contributed by atoms with Crippen LogP contribution in [0.1, 0.15) is 30.4 Å². The predicted molar refractivity (Wildman–Crippen MR) is 133 cm³/mol. The highest BCUT2D eigenvalue weighted by molar-refractivity contribution is 7.88. The molecular weight excluding hydrogens is 505 g/mol. The average molecular weight is 533 g/mol. The Kier molecular flexibility index (Phi) is 7.61. The van der Waals surface area contributed by atoms with Crippen molar-refractivity contribution in [3.63, 3.8) is 0 Å². The van der Waals surface area contributed by atoms with E-state index in [1.807, 2.05) is 0 Å². The molecule has 1 amide bonds. The fourth-order valence-corrected chi connectivity index (χ4v) is 5.70. The van der Waals surface area contributed by atoms with Crippen LogP contribution >= 0.6 is 0 Å². The predicted octanol–water partition coefficient (Wildman–Crippen LogP) is 4.47. The van der Waals surface area contributed by atoms with E-state index in [9.17, 15) is 22.0 Å². The number of nitrogens with two attached hydrogens (primary N) is 1. The molecule has 1 aliphatic rings. The molecule has 196 valence electrons. The van der Waals surface area contributed by atoms with Gasteiger partial charge in [0.1, 0.15) is 12.4 Å². The summed E-state index contributed by atoms with van der Waals surface area (Å²) in [6.07, 6.45) is 2.13. The van der Waals surface area contributed by atoms with E-state index in [-0.39, 0.29) is 30.6 Å². The molecule has 0 radical (unpaired) electrons. The number of benzene rings is 3. The van der Waals surface area contributed by atoms with E-state index >= 15 is 4.39 Å². The van der Waals surface area contributed by atoms with Crippen LogP contribution in [0.2, 0.25) is 0 Å². The molecule has 3 aromatic rings. The maximum Gasteiger partial charge on any atom is 0.224 e. The number of hydrogen-bond acceptors (Lipinski definition) is 4. The number of primary amides is 1. The van der Waals surface area contributed by atoms with Crippen LogP contribution in [0, 0.1) is 22.9 Å². The van der Waals surface area contributed by atoms with Crippen molar-refractivity contribution >= 4 is 15.9 Å². The Morgan fingerprint density at radius 1 is 1.03 bits per heavy atom. The normalized spacial score (nSPS) is 19.6. The van der Waals surface area contributed by atoms with Crippen LogP contribution in [-0.2, 0) is 27.8 Å². The van der Waals surface area contributed by atoms with Gasteiger partial charge in [0.15, 0.2) is 11.6 Å². The lowest BCUT2D eigenvalue weighted by molar-refractivity contribution is -0.127. The van der Waals surface area contributed by atoms with Crippen LogP contribution in [0.4, 0.5) is 13.2 Å².